The normalized spacial score (nSPS) is 11.8. The van der Waals surface area contributed by atoms with Gasteiger partial charge in [0.15, 0.2) is 10.3 Å². The first kappa shape index (κ1) is 13.4. The zero-order valence-electron chi connectivity index (χ0n) is 8.53. The summed E-state index contributed by atoms with van der Waals surface area (Å²) in [6, 6.07) is -0.250. The topological polar surface area (TPSA) is 84.0 Å². The van der Waals surface area contributed by atoms with Crippen LogP contribution >= 0.6 is 23.2 Å². The Morgan fingerprint density at radius 2 is 1.75 bits per heavy atom. The number of aromatic nitrogens is 2. The van der Waals surface area contributed by atoms with Crippen molar-refractivity contribution in [3.05, 3.63) is 16.6 Å². The molecule has 1 aromatic heterocycles. The lowest BCUT2D eigenvalue weighted by molar-refractivity contribution is 0.575. The molecule has 0 radical (unpaired) electrons. The first-order chi connectivity index (χ1) is 7.32. The monoisotopic (exact) mass is 284 g/mol. The molecule has 6 nitrogen and oxygen atoms in total. The molecule has 0 unspecified atom stereocenters. The van der Waals surface area contributed by atoms with Crippen LogP contribution in [0.3, 0.4) is 0 Å². The van der Waals surface area contributed by atoms with Gasteiger partial charge in [0.25, 0.3) is 10.2 Å². The van der Waals surface area contributed by atoms with Gasteiger partial charge in [0.05, 0.1) is 0 Å². The fourth-order valence-electron chi connectivity index (χ4n) is 0.903. The lowest BCUT2D eigenvalue weighted by atomic mass is 10.4. The molecule has 0 saturated carbocycles. The molecule has 90 valence electrons. The van der Waals surface area contributed by atoms with Crippen LogP contribution in [0.1, 0.15) is 13.8 Å². The first-order valence-corrected chi connectivity index (χ1v) is 6.52. The summed E-state index contributed by atoms with van der Waals surface area (Å²) in [7, 11) is -3.73. The van der Waals surface area contributed by atoms with Crippen molar-refractivity contribution in [2.75, 3.05) is 4.72 Å². The quantitative estimate of drug-likeness (QED) is 0.820. The van der Waals surface area contributed by atoms with Crippen molar-refractivity contribution >= 4 is 39.1 Å². The summed E-state index contributed by atoms with van der Waals surface area (Å²) in [6.45, 7) is 3.37. The molecule has 2 N–H and O–H groups in total. The maximum absolute atomic E-state index is 11.5. The van der Waals surface area contributed by atoms with Gasteiger partial charge in [0.1, 0.15) is 12.0 Å². The summed E-state index contributed by atoms with van der Waals surface area (Å²) < 4.78 is 27.5. The van der Waals surface area contributed by atoms with E-state index in [9.17, 15) is 8.42 Å². The van der Waals surface area contributed by atoms with Gasteiger partial charge >= 0.3 is 0 Å². The molecular formula is C7H10Cl2N4O2S. The Morgan fingerprint density at radius 3 is 2.19 bits per heavy atom. The van der Waals surface area contributed by atoms with Crippen molar-refractivity contribution in [1.29, 1.82) is 0 Å². The number of hydrogen-bond donors (Lipinski definition) is 2. The van der Waals surface area contributed by atoms with E-state index in [4.69, 9.17) is 23.2 Å². The Labute approximate surface area is 104 Å². The minimum atomic E-state index is -3.73. The van der Waals surface area contributed by atoms with Crippen LogP contribution in [-0.2, 0) is 10.2 Å². The van der Waals surface area contributed by atoms with Gasteiger partial charge in [-0.25, -0.2) is 9.97 Å². The third kappa shape index (κ3) is 3.75. The molecule has 9 heteroatoms. The molecule has 0 fully saturated rings. The van der Waals surface area contributed by atoms with E-state index < -0.39 is 10.2 Å². The number of halogens is 2. The molecule has 1 rings (SSSR count). The molecule has 0 aliphatic heterocycles. The molecule has 16 heavy (non-hydrogen) atoms. The number of rotatable bonds is 4. The molecule has 0 aliphatic carbocycles. The number of nitrogens with one attached hydrogen (secondary N) is 2. The van der Waals surface area contributed by atoms with Crippen molar-refractivity contribution < 1.29 is 8.42 Å². The standard InChI is InChI=1S/C7H10Cl2N4O2S/c1-4(2)12-16(14,15)13-5-6(8)10-3-11-7(5)9/h3-4,12-13H,1-2H3. The smallest absolute Gasteiger partial charge is 0.265 e. The van der Waals surface area contributed by atoms with Crippen molar-refractivity contribution in [1.82, 2.24) is 14.7 Å². The Hall–Kier alpha value is -0.630. The van der Waals surface area contributed by atoms with E-state index >= 15 is 0 Å². The maximum Gasteiger partial charge on any atom is 0.299 e. The van der Waals surface area contributed by atoms with Crippen LogP contribution in [-0.4, -0.2) is 24.4 Å². The highest BCUT2D eigenvalue weighted by Crippen LogP contribution is 2.26. The SMILES string of the molecule is CC(C)NS(=O)(=O)Nc1c(Cl)ncnc1Cl. The Balaban J connectivity index is 2.97. The highest BCUT2D eigenvalue weighted by atomic mass is 35.5. The predicted octanol–water partition coefficient (Wildman–Crippen LogP) is 1.44. The predicted molar refractivity (Wildman–Crippen MR) is 62.9 cm³/mol. The van der Waals surface area contributed by atoms with E-state index in [2.05, 4.69) is 19.4 Å². The molecule has 1 aromatic rings. The molecule has 1 heterocycles. The van der Waals surface area contributed by atoms with E-state index in [0.29, 0.717) is 0 Å². The van der Waals surface area contributed by atoms with Gasteiger partial charge in [0, 0.05) is 6.04 Å². The Bertz CT molecular complexity index is 457. The van der Waals surface area contributed by atoms with Crippen molar-refractivity contribution in [3.63, 3.8) is 0 Å². The molecule has 0 saturated heterocycles. The van der Waals surface area contributed by atoms with Gasteiger partial charge in [0.2, 0.25) is 0 Å². The Kier molecular flexibility index (Phi) is 4.31. The van der Waals surface area contributed by atoms with E-state index in [1.807, 2.05) is 0 Å². The van der Waals surface area contributed by atoms with E-state index in [-0.39, 0.29) is 22.0 Å². The second kappa shape index (κ2) is 5.13. The highest BCUT2D eigenvalue weighted by Gasteiger charge is 2.16. The fourth-order valence-corrected chi connectivity index (χ4v) is 2.57. The molecule has 0 aromatic carbocycles. The molecule has 0 bridgehead atoms. The molecule has 0 amide bonds. The average molecular weight is 285 g/mol. The fraction of sp³-hybridized carbons (Fsp3) is 0.429. The van der Waals surface area contributed by atoms with Gasteiger partial charge in [-0.05, 0) is 13.8 Å². The number of hydrogen-bond acceptors (Lipinski definition) is 4. The van der Waals surface area contributed by atoms with Gasteiger partial charge in [-0.1, -0.05) is 23.2 Å². The van der Waals surface area contributed by atoms with Gasteiger partial charge < -0.3 is 0 Å². The summed E-state index contributed by atoms with van der Waals surface area (Å²) in [5.41, 5.74) is -0.0426. The minimum Gasteiger partial charge on any atom is -0.265 e. The van der Waals surface area contributed by atoms with Crippen LogP contribution in [0.25, 0.3) is 0 Å². The van der Waals surface area contributed by atoms with Crippen LogP contribution in [0.2, 0.25) is 10.3 Å². The van der Waals surface area contributed by atoms with Gasteiger partial charge in [-0.3, -0.25) is 4.72 Å². The van der Waals surface area contributed by atoms with Crippen LogP contribution in [0, 0.1) is 0 Å². The zero-order valence-corrected chi connectivity index (χ0v) is 10.9. The number of anilines is 1. The highest BCUT2D eigenvalue weighted by molar-refractivity contribution is 7.90. The van der Waals surface area contributed by atoms with Crippen LogP contribution in [0.15, 0.2) is 6.33 Å². The largest absolute Gasteiger partial charge is 0.299 e. The summed E-state index contributed by atoms with van der Waals surface area (Å²) in [5.74, 6) is 0. The van der Waals surface area contributed by atoms with Crippen LogP contribution in [0.5, 0.6) is 0 Å². The summed E-state index contributed by atoms with van der Waals surface area (Å²) in [5, 5.41) is -0.122. The lowest BCUT2D eigenvalue weighted by Crippen LogP contribution is -2.35. The molecular weight excluding hydrogens is 275 g/mol. The third-order valence-electron chi connectivity index (χ3n) is 1.38. The average Bonchev–Trinajstić information content (AvgIpc) is 2.09. The third-order valence-corrected chi connectivity index (χ3v) is 3.21. The second-order valence-electron chi connectivity index (χ2n) is 3.21. The number of nitrogens with zero attached hydrogens (tertiary/aromatic N) is 2. The van der Waals surface area contributed by atoms with Gasteiger partial charge in [-0.2, -0.15) is 13.1 Å². The first-order valence-electron chi connectivity index (χ1n) is 4.28. The summed E-state index contributed by atoms with van der Waals surface area (Å²) in [6.07, 6.45) is 1.14. The molecule has 0 aliphatic rings. The summed E-state index contributed by atoms with van der Waals surface area (Å²) >= 11 is 11.4. The lowest BCUT2D eigenvalue weighted by Gasteiger charge is -2.12. The van der Waals surface area contributed by atoms with Crippen molar-refractivity contribution in [2.45, 2.75) is 19.9 Å². The summed E-state index contributed by atoms with van der Waals surface area (Å²) in [4.78, 5) is 7.24. The van der Waals surface area contributed by atoms with E-state index in [0.717, 1.165) is 6.33 Å². The second-order valence-corrected chi connectivity index (χ2v) is 5.37. The van der Waals surface area contributed by atoms with Gasteiger partial charge in [-0.15, -0.1) is 0 Å². The maximum atomic E-state index is 11.5. The van der Waals surface area contributed by atoms with Crippen LogP contribution < -0.4 is 9.44 Å². The van der Waals surface area contributed by atoms with Crippen molar-refractivity contribution in [3.8, 4) is 0 Å². The minimum absolute atomic E-state index is 0.0426. The molecule has 0 atom stereocenters. The van der Waals surface area contributed by atoms with E-state index in [1.54, 1.807) is 13.8 Å². The Morgan fingerprint density at radius 1 is 1.25 bits per heavy atom. The molecule has 0 spiro atoms. The van der Waals surface area contributed by atoms with Crippen molar-refractivity contribution in [2.24, 2.45) is 0 Å². The zero-order chi connectivity index (χ0) is 12.3. The van der Waals surface area contributed by atoms with Crippen LogP contribution in [0.4, 0.5) is 5.69 Å². The van der Waals surface area contributed by atoms with E-state index in [1.165, 1.54) is 0 Å².